The van der Waals surface area contributed by atoms with Gasteiger partial charge in [-0.2, -0.15) is 4.37 Å². The summed E-state index contributed by atoms with van der Waals surface area (Å²) in [6.07, 6.45) is 1.69. The van der Waals surface area contributed by atoms with E-state index in [0.29, 0.717) is 10.8 Å². The molecule has 3 rings (SSSR count). The molecule has 0 saturated carbocycles. The third-order valence-electron chi connectivity index (χ3n) is 2.27. The van der Waals surface area contributed by atoms with Crippen molar-refractivity contribution in [3.8, 4) is 5.00 Å². The molecule has 16 heavy (non-hydrogen) atoms. The lowest BCUT2D eigenvalue weighted by atomic mass is 10.2. The number of nitrogen functional groups attached to an aromatic ring is 1. The van der Waals surface area contributed by atoms with Crippen LogP contribution in [0.4, 0.5) is 5.82 Å². The van der Waals surface area contributed by atoms with Crippen LogP contribution in [-0.2, 0) is 0 Å². The number of anilines is 1. The fourth-order valence-electron chi connectivity index (χ4n) is 1.51. The molecule has 80 valence electrons. The molecule has 4 nitrogen and oxygen atoms in total. The molecular weight excluding hydrogens is 244 g/mol. The summed E-state index contributed by atoms with van der Waals surface area (Å²) in [7, 11) is 0. The van der Waals surface area contributed by atoms with Crippen LogP contribution in [0.15, 0.2) is 30.5 Å². The van der Waals surface area contributed by atoms with Crippen molar-refractivity contribution in [2.24, 2.45) is 0 Å². The van der Waals surface area contributed by atoms with Crippen LogP contribution in [0.25, 0.3) is 15.9 Å². The molecule has 0 unspecified atom stereocenters. The summed E-state index contributed by atoms with van der Waals surface area (Å²) in [6.45, 7) is 0. The second-order valence-corrected chi connectivity index (χ2v) is 4.47. The quantitative estimate of drug-likeness (QED) is 0.723. The lowest BCUT2D eigenvalue weighted by Gasteiger charge is -1.95. The molecular formula is C10H7ClN4S. The van der Waals surface area contributed by atoms with Crippen LogP contribution in [0.2, 0.25) is 5.02 Å². The first-order valence-corrected chi connectivity index (χ1v) is 5.76. The number of aromatic nitrogens is 3. The molecule has 2 aromatic heterocycles. The van der Waals surface area contributed by atoms with E-state index < -0.39 is 0 Å². The van der Waals surface area contributed by atoms with Crippen molar-refractivity contribution in [1.29, 1.82) is 0 Å². The second kappa shape index (κ2) is 3.47. The van der Waals surface area contributed by atoms with Crippen LogP contribution in [0.5, 0.6) is 0 Å². The van der Waals surface area contributed by atoms with Gasteiger partial charge in [-0.1, -0.05) is 23.7 Å². The van der Waals surface area contributed by atoms with Crippen LogP contribution in [0, 0.1) is 0 Å². The summed E-state index contributed by atoms with van der Waals surface area (Å²) in [5.74, 6) is 0.333. The van der Waals surface area contributed by atoms with E-state index in [2.05, 4.69) is 9.47 Å². The maximum Gasteiger partial charge on any atom is 0.164 e. The van der Waals surface area contributed by atoms with Gasteiger partial charge < -0.3 is 5.73 Å². The Hall–Kier alpha value is -1.59. The van der Waals surface area contributed by atoms with Crippen LogP contribution in [0.1, 0.15) is 0 Å². The highest BCUT2D eigenvalue weighted by Gasteiger charge is 2.10. The summed E-state index contributed by atoms with van der Waals surface area (Å²) in [6, 6.07) is 7.88. The van der Waals surface area contributed by atoms with E-state index in [0.717, 1.165) is 15.9 Å². The van der Waals surface area contributed by atoms with E-state index in [9.17, 15) is 0 Å². The minimum absolute atomic E-state index is 0.333. The normalized spacial score (nSPS) is 11.1. The molecule has 0 radical (unpaired) electrons. The van der Waals surface area contributed by atoms with E-state index in [1.165, 1.54) is 11.5 Å². The average Bonchev–Trinajstić information content (AvgIpc) is 2.83. The Kier molecular flexibility index (Phi) is 2.08. The lowest BCUT2D eigenvalue weighted by Crippen LogP contribution is -1.93. The summed E-state index contributed by atoms with van der Waals surface area (Å²) in [5, 5.41) is 6.56. The smallest absolute Gasteiger partial charge is 0.164 e. The SMILES string of the molecule is Nc1nn(-c2snc3ccccc23)cc1Cl. The van der Waals surface area contributed by atoms with Crippen LogP contribution < -0.4 is 5.73 Å². The number of halogens is 1. The van der Waals surface area contributed by atoms with Crippen molar-refractivity contribution in [1.82, 2.24) is 14.2 Å². The van der Waals surface area contributed by atoms with Crippen molar-refractivity contribution >= 4 is 39.9 Å². The summed E-state index contributed by atoms with van der Waals surface area (Å²) in [4.78, 5) is 0. The monoisotopic (exact) mass is 250 g/mol. The van der Waals surface area contributed by atoms with E-state index in [1.54, 1.807) is 10.9 Å². The molecule has 1 aromatic carbocycles. The number of nitrogens with two attached hydrogens (primary N) is 1. The fraction of sp³-hybridized carbons (Fsp3) is 0. The molecule has 0 atom stereocenters. The molecule has 0 bridgehead atoms. The molecule has 3 aromatic rings. The largest absolute Gasteiger partial charge is 0.381 e. The summed E-state index contributed by atoms with van der Waals surface area (Å²) in [5.41, 5.74) is 6.56. The van der Waals surface area contributed by atoms with Gasteiger partial charge in [-0.3, -0.25) is 0 Å². The Morgan fingerprint density at radius 2 is 2.12 bits per heavy atom. The highest BCUT2D eigenvalue weighted by molar-refractivity contribution is 7.10. The molecule has 0 spiro atoms. The molecule has 0 aliphatic rings. The van der Waals surface area contributed by atoms with Gasteiger partial charge in [-0.05, 0) is 23.7 Å². The molecule has 2 N–H and O–H groups in total. The Morgan fingerprint density at radius 3 is 2.88 bits per heavy atom. The van der Waals surface area contributed by atoms with Gasteiger partial charge in [0.2, 0.25) is 0 Å². The lowest BCUT2D eigenvalue weighted by molar-refractivity contribution is 0.909. The Balaban J connectivity index is 2.26. The number of hydrogen-bond acceptors (Lipinski definition) is 4. The van der Waals surface area contributed by atoms with Gasteiger partial charge in [0, 0.05) is 5.39 Å². The number of rotatable bonds is 1. The minimum atomic E-state index is 0.333. The molecule has 0 fully saturated rings. The molecule has 0 amide bonds. The molecule has 0 aliphatic heterocycles. The predicted molar refractivity (Wildman–Crippen MR) is 66.2 cm³/mol. The summed E-state index contributed by atoms with van der Waals surface area (Å²) < 4.78 is 6.00. The summed E-state index contributed by atoms with van der Waals surface area (Å²) >= 11 is 7.25. The topological polar surface area (TPSA) is 56.7 Å². The number of benzene rings is 1. The van der Waals surface area contributed by atoms with E-state index in [1.807, 2.05) is 24.3 Å². The van der Waals surface area contributed by atoms with Crippen molar-refractivity contribution in [2.45, 2.75) is 0 Å². The molecule has 0 saturated heterocycles. The zero-order valence-electron chi connectivity index (χ0n) is 8.09. The minimum Gasteiger partial charge on any atom is -0.381 e. The van der Waals surface area contributed by atoms with Crippen molar-refractivity contribution < 1.29 is 0 Å². The molecule has 6 heteroatoms. The molecule has 0 aliphatic carbocycles. The first-order valence-electron chi connectivity index (χ1n) is 4.61. The maximum absolute atomic E-state index is 5.87. The van der Waals surface area contributed by atoms with Crippen LogP contribution >= 0.6 is 23.1 Å². The highest BCUT2D eigenvalue weighted by atomic mass is 35.5. The second-order valence-electron chi connectivity index (χ2n) is 3.31. The number of hydrogen-bond donors (Lipinski definition) is 1. The van der Waals surface area contributed by atoms with Gasteiger partial charge >= 0.3 is 0 Å². The van der Waals surface area contributed by atoms with E-state index in [-0.39, 0.29) is 0 Å². The first-order chi connectivity index (χ1) is 7.75. The zero-order valence-corrected chi connectivity index (χ0v) is 9.66. The fourth-order valence-corrected chi connectivity index (χ4v) is 2.43. The number of nitrogens with zero attached hydrogens (tertiary/aromatic N) is 3. The van der Waals surface area contributed by atoms with Crippen molar-refractivity contribution in [2.75, 3.05) is 5.73 Å². The number of fused-ring (bicyclic) bond motifs is 1. The Labute approximate surface area is 100 Å². The van der Waals surface area contributed by atoms with Gasteiger partial charge in [0.15, 0.2) is 5.82 Å². The Bertz CT molecular complexity index is 638. The Morgan fingerprint density at radius 1 is 1.31 bits per heavy atom. The van der Waals surface area contributed by atoms with Gasteiger partial charge in [0.05, 0.1) is 11.7 Å². The van der Waals surface area contributed by atoms with Gasteiger partial charge in [-0.15, -0.1) is 5.10 Å². The van der Waals surface area contributed by atoms with Crippen molar-refractivity contribution in [3.05, 3.63) is 35.5 Å². The van der Waals surface area contributed by atoms with Crippen molar-refractivity contribution in [3.63, 3.8) is 0 Å². The highest BCUT2D eigenvalue weighted by Crippen LogP contribution is 2.27. The first kappa shape index (κ1) is 9.62. The van der Waals surface area contributed by atoms with Gasteiger partial charge in [0.1, 0.15) is 10.0 Å². The predicted octanol–water partition coefficient (Wildman–Crippen LogP) is 2.72. The average molecular weight is 251 g/mol. The maximum atomic E-state index is 5.87. The van der Waals surface area contributed by atoms with E-state index in [4.69, 9.17) is 17.3 Å². The van der Waals surface area contributed by atoms with Crippen LogP contribution in [0.3, 0.4) is 0 Å². The molecule has 2 heterocycles. The standard InChI is InChI=1S/C10H7ClN4S/c11-7-5-15(13-9(7)12)10-6-3-1-2-4-8(6)14-16-10/h1-5H,(H2,12,13). The van der Waals surface area contributed by atoms with Crippen LogP contribution in [-0.4, -0.2) is 14.2 Å². The van der Waals surface area contributed by atoms with Gasteiger partial charge in [-0.25, -0.2) is 4.68 Å². The third kappa shape index (κ3) is 1.36. The van der Waals surface area contributed by atoms with E-state index >= 15 is 0 Å². The zero-order chi connectivity index (χ0) is 11.1. The third-order valence-corrected chi connectivity index (χ3v) is 3.43. The van der Waals surface area contributed by atoms with Gasteiger partial charge in [0.25, 0.3) is 0 Å².